The molecule has 1 aromatic carbocycles. The summed E-state index contributed by atoms with van der Waals surface area (Å²) >= 11 is 0. The Kier molecular flexibility index (Phi) is 8.10. The van der Waals surface area contributed by atoms with Crippen molar-refractivity contribution in [1.82, 2.24) is 9.80 Å². The molecule has 2 aliphatic heterocycles. The van der Waals surface area contributed by atoms with Crippen LogP contribution in [0.3, 0.4) is 0 Å². The number of hydrogen-bond acceptors (Lipinski definition) is 6. The van der Waals surface area contributed by atoms with Gasteiger partial charge in [0.15, 0.2) is 6.10 Å². The number of hydrogen-bond donors (Lipinski definition) is 0. The smallest absolute Gasteiger partial charge is 0.425 e. The molecule has 2 saturated heterocycles. The number of ether oxygens (including phenoxy) is 2. The molecule has 2 fully saturated rings. The number of carbonyl (C=O) groups is 2. The van der Waals surface area contributed by atoms with Gasteiger partial charge in [0, 0.05) is 45.0 Å². The van der Waals surface area contributed by atoms with Gasteiger partial charge in [0.05, 0.1) is 6.61 Å². The fourth-order valence-electron chi connectivity index (χ4n) is 4.24. The van der Waals surface area contributed by atoms with Crippen LogP contribution in [0.2, 0.25) is 0 Å². The van der Waals surface area contributed by atoms with Gasteiger partial charge < -0.3 is 19.3 Å². The first-order valence-corrected chi connectivity index (χ1v) is 11.4. The maximum Gasteiger partial charge on any atom is 0.425 e. The third kappa shape index (κ3) is 6.31. The van der Waals surface area contributed by atoms with Crippen LogP contribution < -0.4 is 4.90 Å². The van der Waals surface area contributed by atoms with Gasteiger partial charge in [-0.05, 0) is 50.8 Å². The molecule has 2 unspecified atom stereocenters. The minimum absolute atomic E-state index is 0.192. The molecule has 2 atom stereocenters. The van der Waals surface area contributed by atoms with Gasteiger partial charge in [-0.25, -0.2) is 9.59 Å². The van der Waals surface area contributed by atoms with Crippen molar-refractivity contribution in [1.29, 1.82) is 0 Å². The molecule has 10 heteroatoms. The van der Waals surface area contributed by atoms with Crippen molar-refractivity contribution >= 4 is 17.7 Å². The average molecular weight is 472 g/mol. The number of carbonyl (C=O) groups excluding carboxylic acids is 2. The lowest BCUT2D eigenvalue weighted by Gasteiger charge is -2.35. The molecule has 0 bridgehead atoms. The summed E-state index contributed by atoms with van der Waals surface area (Å²) in [4.78, 5) is 30.0. The highest BCUT2D eigenvalue weighted by Gasteiger charge is 2.40. The maximum absolute atomic E-state index is 12.6. The standard InChI is InChI=1S/C23H32F3N3O4/c1-4-32-21(30)19-6-5-9-29(19)20-14-18(8-7-16(20)2)15-27-10-12-28(13-11-27)22(31)33-17(3)23(24,25)26/h7-8,14,17,19H,4-6,9-13,15H2,1-3H3. The number of anilines is 1. The molecule has 0 N–H and O–H groups in total. The van der Waals surface area contributed by atoms with Gasteiger partial charge in [-0.3, -0.25) is 4.90 Å². The van der Waals surface area contributed by atoms with Gasteiger partial charge in [-0.2, -0.15) is 13.2 Å². The summed E-state index contributed by atoms with van der Waals surface area (Å²) in [5, 5.41) is 0. The molecule has 0 saturated carbocycles. The zero-order valence-electron chi connectivity index (χ0n) is 19.4. The fourth-order valence-corrected chi connectivity index (χ4v) is 4.24. The Morgan fingerprint density at radius 2 is 1.85 bits per heavy atom. The number of amides is 1. The number of aryl methyl sites for hydroxylation is 1. The third-order valence-corrected chi connectivity index (χ3v) is 6.17. The van der Waals surface area contributed by atoms with E-state index in [0.29, 0.717) is 39.3 Å². The number of alkyl halides is 3. The monoisotopic (exact) mass is 471 g/mol. The molecule has 1 aromatic rings. The van der Waals surface area contributed by atoms with Gasteiger partial charge in [0.2, 0.25) is 0 Å². The van der Waals surface area contributed by atoms with Gasteiger partial charge in [-0.15, -0.1) is 0 Å². The molecule has 1 amide bonds. The van der Waals surface area contributed by atoms with E-state index >= 15 is 0 Å². The quantitative estimate of drug-likeness (QED) is 0.590. The van der Waals surface area contributed by atoms with Crippen LogP contribution in [0.1, 0.15) is 37.8 Å². The largest absolute Gasteiger partial charge is 0.464 e. The van der Waals surface area contributed by atoms with E-state index in [-0.39, 0.29) is 12.0 Å². The predicted octanol–water partition coefficient (Wildman–Crippen LogP) is 3.73. The Hall–Kier alpha value is -2.49. The molecule has 33 heavy (non-hydrogen) atoms. The highest BCUT2D eigenvalue weighted by Crippen LogP contribution is 2.30. The Balaban J connectivity index is 1.58. The molecular formula is C23H32F3N3O4. The second-order valence-corrected chi connectivity index (χ2v) is 8.56. The Labute approximate surface area is 192 Å². The van der Waals surface area contributed by atoms with Crippen LogP contribution >= 0.6 is 0 Å². The zero-order chi connectivity index (χ0) is 24.2. The lowest BCUT2D eigenvalue weighted by molar-refractivity contribution is -0.200. The lowest BCUT2D eigenvalue weighted by atomic mass is 10.1. The van der Waals surface area contributed by atoms with E-state index < -0.39 is 18.4 Å². The minimum Gasteiger partial charge on any atom is -0.464 e. The molecule has 3 rings (SSSR count). The summed E-state index contributed by atoms with van der Waals surface area (Å²) in [6.45, 7) is 8.14. The lowest BCUT2D eigenvalue weighted by Crippen LogP contribution is -2.49. The summed E-state index contributed by atoms with van der Waals surface area (Å²) in [7, 11) is 0. The van der Waals surface area contributed by atoms with Crippen LogP contribution in [-0.2, 0) is 20.8 Å². The maximum atomic E-state index is 12.6. The van der Waals surface area contributed by atoms with Crippen molar-refractivity contribution < 1.29 is 32.2 Å². The van der Waals surface area contributed by atoms with Crippen molar-refractivity contribution in [2.75, 3.05) is 44.2 Å². The summed E-state index contributed by atoms with van der Waals surface area (Å²) in [6, 6.07) is 5.91. The van der Waals surface area contributed by atoms with Gasteiger partial charge in [-0.1, -0.05) is 12.1 Å². The van der Waals surface area contributed by atoms with E-state index in [9.17, 15) is 22.8 Å². The highest BCUT2D eigenvalue weighted by atomic mass is 19.4. The molecule has 2 aliphatic rings. The van der Waals surface area contributed by atoms with E-state index in [1.165, 1.54) is 4.90 Å². The number of piperazine rings is 1. The fraction of sp³-hybridized carbons (Fsp3) is 0.652. The third-order valence-electron chi connectivity index (χ3n) is 6.17. The predicted molar refractivity (Wildman–Crippen MR) is 117 cm³/mol. The number of halogens is 3. The second-order valence-electron chi connectivity index (χ2n) is 8.56. The first-order valence-electron chi connectivity index (χ1n) is 11.4. The van der Waals surface area contributed by atoms with Crippen molar-refractivity contribution in [3.8, 4) is 0 Å². The van der Waals surface area contributed by atoms with E-state index in [2.05, 4.69) is 20.6 Å². The zero-order valence-corrected chi connectivity index (χ0v) is 19.4. The molecule has 7 nitrogen and oxygen atoms in total. The van der Waals surface area contributed by atoms with Crippen LogP contribution in [0.5, 0.6) is 0 Å². The highest BCUT2D eigenvalue weighted by molar-refractivity contribution is 5.81. The van der Waals surface area contributed by atoms with E-state index in [0.717, 1.165) is 43.1 Å². The van der Waals surface area contributed by atoms with Gasteiger partial charge in [0.1, 0.15) is 6.04 Å². The molecular weight excluding hydrogens is 439 g/mol. The first kappa shape index (κ1) is 25.1. The van der Waals surface area contributed by atoms with Crippen molar-refractivity contribution in [2.24, 2.45) is 0 Å². The molecule has 184 valence electrons. The van der Waals surface area contributed by atoms with Crippen molar-refractivity contribution in [3.63, 3.8) is 0 Å². The van der Waals surface area contributed by atoms with Crippen LogP contribution in [0.15, 0.2) is 18.2 Å². The first-order chi connectivity index (χ1) is 15.6. The van der Waals surface area contributed by atoms with Crippen LogP contribution in [-0.4, -0.2) is 79.5 Å². The summed E-state index contributed by atoms with van der Waals surface area (Å²) in [6.07, 6.45) is -5.93. The van der Waals surface area contributed by atoms with Crippen LogP contribution in [0.25, 0.3) is 0 Å². The Morgan fingerprint density at radius 3 is 2.48 bits per heavy atom. The molecule has 0 radical (unpaired) electrons. The van der Waals surface area contributed by atoms with Crippen molar-refractivity contribution in [3.05, 3.63) is 29.3 Å². The van der Waals surface area contributed by atoms with Gasteiger partial charge >= 0.3 is 18.2 Å². The number of rotatable bonds is 6. The average Bonchev–Trinajstić information content (AvgIpc) is 3.25. The summed E-state index contributed by atoms with van der Waals surface area (Å²) in [5.41, 5.74) is 3.18. The summed E-state index contributed by atoms with van der Waals surface area (Å²) < 4.78 is 47.7. The molecule has 0 aromatic heterocycles. The van der Waals surface area contributed by atoms with E-state index in [4.69, 9.17) is 4.74 Å². The summed E-state index contributed by atoms with van der Waals surface area (Å²) in [5.74, 6) is -0.192. The normalized spacial score (nSPS) is 20.6. The Bertz CT molecular complexity index is 841. The van der Waals surface area contributed by atoms with Gasteiger partial charge in [0.25, 0.3) is 0 Å². The second kappa shape index (κ2) is 10.6. The minimum atomic E-state index is -4.57. The number of benzene rings is 1. The SMILES string of the molecule is CCOC(=O)C1CCCN1c1cc(CN2CCN(C(=O)OC(C)C(F)(F)F)CC2)ccc1C. The van der Waals surface area contributed by atoms with Crippen LogP contribution in [0.4, 0.5) is 23.7 Å². The van der Waals surface area contributed by atoms with Crippen LogP contribution in [0, 0.1) is 6.92 Å². The van der Waals surface area contributed by atoms with Crippen molar-refractivity contribution in [2.45, 2.75) is 58.5 Å². The molecule has 0 spiro atoms. The number of esters is 1. The van der Waals surface area contributed by atoms with E-state index in [1.54, 1.807) is 6.92 Å². The topological polar surface area (TPSA) is 62.3 Å². The number of nitrogens with zero attached hydrogens (tertiary/aromatic N) is 3. The molecule has 0 aliphatic carbocycles. The Morgan fingerprint density at radius 1 is 1.15 bits per heavy atom. The van der Waals surface area contributed by atoms with E-state index in [1.807, 2.05) is 19.1 Å². The molecule has 2 heterocycles.